The average Bonchev–Trinajstić information content (AvgIpc) is 2.39. The molecule has 0 aliphatic carbocycles. The fourth-order valence-corrected chi connectivity index (χ4v) is 2.58. The Kier molecular flexibility index (Phi) is 3.91. The minimum Gasteiger partial charge on any atom is -0.501 e. The second-order valence-electron chi connectivity index (χ2n) is 3.89. The van der Waals surface area contributed by atoms with E-state index in [1.54, 1.807) is 11.8 Å². The van der Waals surface area contributed by atoms with Gasteiger partial charge in [0.2, 0.25) is 0 Å². The largest absolute Gasteiger partial charge is 0.501 e. The van der Waals surface area contributed by atoms with Crippen LogP contribution in [0.25, 0.3) is 0 Å². The molecule has 1 aromatic carbocycles. The van der Waals surface area contributed by atoms with Gasteiger partial charge in [0.05, 0.1) is 18.9 Å². The summed E-state index contributed by atoms with van der Waals surface area (Å²) in [5.41, 5.74) is 8.69. The van der Waals surface area contributed by atoms with E-state index in [-0.39, 0.29) is 6.04 Å². The zero-order valence-electron chi connectivity index (χ0n) is 9.48. The van der Waals surface area contributed by atoms with Crippen LogP contribution in [0.2, 0.25) is 0 Å². The van der Waals surface area contributed by atoms with E-state index in [2.05, 4.69) is 18.4 Å². The molecule has 86 valence electrons. The van der Waals surface area contributed by atoms with Gasteiger partial charge >= 0.3 is 0 Å². The van der Waals surface area contributed by atoms with Crippen LogP contribution in [0.1, 0.15) is 24.4 Å². The maximum absolute atomic E-state index is 6.28. The average molecular weight is 235 g/mol. The Morgan fingerprint density at radius 2 is 2.19 bits per heavy atom. The number of hydrogen-bond donors (Lipinski definition) is 1. The van der Waals surface area contributed by atoms with Crippen molar-refractivity contribution in [2.45, 2.75) is 23.8 Å². The molecule has 2 N–H and O–H groups in total. The first-order chi connectivity index (χ1) is 7.83. The van der Waals surface area contributed by atoms with Gasteiger partial charge in [-0.15, -0.1) is 11.8 Å². The molecule has 1 heterocycles. The molecule has 0 bridgehead atoms. The first kappa shape index (κ1) is 11.6. The Balaban J connectivity index is 2.25. The number of hydrogen-bond acceptors (Lipinski definition) is 3. The predicted molar refractivity (Wildman–Crippen MR) is 68.4 cm³/mol. The zero-order chi connectivity index (χ0) is 11.4. The van der Waals surface area contributed by atoms with Crippen LogP contribution < -0.4 is 5.73 Å². The topological polar surface area (TPSA) is 35.2 Å². The summed E-state index contributed by atoms with van der Waals surface area (Å²) in [6.07, 6.45) is 6.04. The van der Waals surface area contributed by atoms with Crippen molar-refractivity contribution in [1.82, 2.24) is 0 Å². The van der Waals surface area contributed by atoms with Gasteiger partial charge in [0, 0.05) is 4.90 Å². The molecule has 1 aromatic rings. The summed E-state index contributed by atoms with van der Waals surface area (Å²) in [5.74, 6) is 0. The molecule has 1 aliphatic rings. The second kappa shape index (κ2) is 5.41. The Labute approximate surface area is 101 Å². The van der Waals surface area contributed by atoms with E-state index in [1.807, 2.05) is 18.4 Å². The molecular formula is C13H17NOS. The monoisotopic (exact) mass is 235 g/mol. The molecule has 0 radical (unpaired) electrons. The van der Waals surface area contributed by atoms with Crippen molar-refractivity contribution in [2.24, 2.45) is 5.73 Å². The van der Waals surface area contributed by atoms with Crippen LogP contribution in [0.15, 0.2) is 41.0 Å². The molecule has 1 atom stereocenters. The van der Waals surface area contributed by atoms with Crippen molar-refractivity contribution in [3.8, 4) is 0 Å². The molecule has 0 fully saturated rings. The number of rotatable bonds is 3. The van der Waals surface area contributed by atoms with Crippen LogP contribution in [0.4, 0.5) is 0 Å². The lowest BCUT2D eigenvalue weighted by Crippen LogP contribution is -2.17. The number of ether oxygens (including phenoxy) is 1. The van der Waals surface area contributed by atoms with E-state index >= 15 is 0 Å². The number of nitrogens with two attached hydrogens (primary N) is 1. The highest BCUT2D eigenvalue weighted by molar-refractivity contribution is 7.98. The molecule has 0 aromatic heterocycles. The fourth-order valence-electron chi connectivity index (χ4n) is 1.94. The lowest BCUT2D eigenvalue weighted by Gasteiger charge is -2.21. The summed E-state index contributed by atoms with van der Waals surface area (Å²) >= 11 is 1.74. The van der Waals surface area contributed by atoms with Gasteiger partial charge in [-0.25, -0.2) is 0 Å². The van der Waals surface area contributed by atoms with Gasteiger partial charge in [0.25, 0.3) is 0 Å². The SMILES string of the molecule is CSc1ccccc1C(N)C1=COCCC1. The quantitative estimate of drug-likeness (QED) is 0.818. The third-order valence-electron chi connectivity index (χ3n) is 2.84. The molecule has 0 amide bonds. The molecule has 0 saturated carbocycles. The number of thioether (sulfide) groups is 1. The van der Waals surface area contributed by atoms with E-state index in [0.29, 0.717) is 0 Å². The van der Waals surface area contributed by atoms with Crippen LogP contribution in [-0.4, -0.2) is 12.9 Å². The summed E-state index contributed by atoms with van der Waals surface area (Å²) < 4.78 is 5.35. The highest BCUT2D eigenvalue weighted by Crippen LogP contribution is 2.31. The summed E-state index contributed by atoms with van der Waals surface area (Å²) in [6, 6.07) is 8.28. The van der Waals surface area contributed by atoms with Crippen molar-refractivity contribution in [2.75, 3.05) is 12.9 Å². The maximum Gasteiger partial charge on any atom is 0.0876 e. The van der Waals surface area contributed by atoms with Crippen LogP contribution in [0.5, 0.6) is 0 Å². The minimum absolute atomic E-state index is 0.0241. The third-order valence-corrected chi connectivity index (χ3v) is 3.65. The molecule has 2 rings (SSSR count). The summed E-state index contributed by atoms with van der Waals surface area (Å²) in [5, 5.41) is 0. The van der Waals surface area contributed by atoms with Crippen LogP contribution in [-0.2, 0) is 4.74 Å². The first-order valence-electron chi connectivity index (χ1n) is 5.52. The second-order valence-corrected chi connectivity index (χ2v) is 4.73. The smallest absolute Gasteiger partial charge is 0.0876 e. The Morgan fingerprint density at radius 3 is 2.88 bits per heavy atom. The van der Waals surface area contributed by atoms with Gasteiger partial charge in [-0.1, -0.05) is 18.2 Å². The summed E-state index contributed by atoms with van der Waals surface area (Å²) in [6.45, 7) is 0.820. The molecule has 1 aliphatic heterocycles. The van der Waals surface area contributed by atoms with Gasteiger partial charge in [-0.3, -0.25) is 0 Å². The van der Waals surface area contributed by atoms with Gasteiger partial charge in [0.15, 0.2) is 0 Å². The van der Waals surface area contributed by atoms with E-state index in [1.165, 1.54) is 16.0 Å². The lowest BCUT2D eigenvalue weighted by molar-refractivity contribution is 0.221. The number of benzene rings is 1. The molecule has 2 nitrogen and oxygen atoms in total. The Hall–Kier alpha value is -0.930. The van der Waals surface area contributed by atoms with Crippen LogP contribution in [0.3, 0.4) is 0 Å². The highest BCUT2D eigenvalue weighted by Gasteiger charge is 2.17. The van der Waals surface area contributed by atoms with Crippen molar-refractivity contribution in [3.63, 3.8) is 0 Å². The lowest BCUT2D eigenvalue weighted by atomic mass is 9.96. The first-order valence-corrected chi connectivity index (χ1v) is 6.74. The molecule has 0 saturated heterocycles. The maximum atomic E-state index is 6.28. The Bertz CT molecular complexity index is 389. The van der Waals surface area contributed by atoms with Crippen LogP contribution >= 0.6 is 11.8 Å². The fraction of sp³-hybridized carbons (Fsp3) is 0.385. The van der Waals surface area contributed by atoms with E-state index < -0.39 is 0 Å². The van der Waals surface area contributed by atoms with Gasteiger partial charge in [-0.05, 0) is 36.3 Å². The summed E-state index contributed by atoms with van der Waals surface area (Å²) in [4.78, 5) is 1.25. The third kappa shape index (κ3) is 2.42. The minimum atomic E-state index is -0.0241. The predicted octanol–water partition coefficient (Wildman–Crippen LogP) is 3.10. The van der Waals surface area contributed by atoms with Crippen molar-refractivity contribution < 1.29 is 4.74 Å². The van der Waals surface area contributed by atoms with Crippen molar-refractivity contribution in [3.05, 3.63) is 41.7 Å². The standard InChI is InChI=1S/C13H17NOS/c1-16-12-7-3-2-6-11(12)13(14)10-5-4-8-15-9-10/h2-3,6-7,9,13H,4-5,8,14H2,1H3. The highest BCUT2D eigenvalue weighted by atomic mass is 32.2. The molecule has 3 heteroatoms. The van der Waals surface area contributed by atoms with Gasteiger partial charge in [0.1, 0.15) is 0 Å². The normalized spacial score (nSPS) is 17.5. The molecular weight excluding hydrogens is 218 g/mol. The van der Waals surface area contributed by atoms with E-state index in [0.717, 1.165) is 19.4 Å². The van der Waals surface area contributed by atoms with Gasteiger partial charge in [-0.2, -0.15) is 0 Å². The van der Waals surface area contributed by atoms with Crippen LogP contribution in [0, 0.1) is 0 Å². The van der Waals surface area contributed by atoms with E-state index in [9.17, 15) is 0 Å². The van der Waals surface area contributed by atoms with Crippen molar-refractivity contribution in [1.29, 1.82) is 0 Å². The molecule has 16 heavy (non-hydrogen) atoms. The summed E-state index contributed by atoms with van der Waals surface area (Å²) in [7, 11) is 0. The van der Waals surface area contributed by atoms with E-state index in [4.69, 9.17) is 10.5 Å². The zero-order valence-corrected chi connectivity index (χ0v) is 10.3. The van der Waals surface area contributed by atoms with Crippen molar-refractivity contribution >= 4 is 11.8 Å². The molecule has 0 spiro atoms. The molecule has 1 unspecified atom stereocenters. The van der Waals surface area contributed by atoms with Gasteiger partial charge < -0.3 is 10.5 Å². The Morgan fingerprint density at radius 1 is 1.38 bits per heavy atom.